The molecule has 0 spiro atoms. The van der Waals surface area contributed by atoms with Gasteiger partial charge < -0.3 is 14.4 Å². The quantitative estimate of drug-likeness (QED) is 0.609. The Bertz CT molecular complexity index is 822. The summed E-state index contributed by atoms with van der Waals surface area (Å²) < 4.78 is 2.02. The van der Waals surface area contributed by atoms with Crippen LogP contribution in [0.3, 0.4) is 0 Å². The minimum absolute atomic E-state index is 0.0387. The predicted octanol–water partition coefficient (Wildman–Crippen LogP) is 3.76. The fraction of sp³-hybridized carbons (Fsp3) is 0.417. The van der Waals surface area contributed by atoms with Crippen molar-refractivity contribution in [1.82, 2.24) is 14.4 Å². The van der Waals surface area contributed by atoms with Gasteiger partial charge in [-0.2, -0.15) is 0 Å². The molecule has 0 N–H and O–H groups in total. The van der Waals surface area contributed by atoms with Gasteiger partial charge in [0.05, 0.1) is 6.54 Å². The maximum absolute atomic E-state index is 13.3. The molecule has 154 valence electrons. The third-order valence-electron chi connectivity index (χ3n) is 5.66. The van der Waals surface area contributed by atoms with Crippen LogP contribution in [0.15, 0.2) is 61.3 Å². The van der Waals surface area contributed by atoms with Gasteiger partial charge in [0.1, 0.15) is 6.54 Å². The van der Waals surface area contributed by atoms with Crippen molar-refractivity contribution < 1.29 is 9.59 Å². The molecule has 5 heteroatoms. The molecule has 1 aromatic heterocycles. The molecule has 29 heavy (non-hydrogen) atoms. The molecule has 5 nitrogen and oxygen atoms in total. The van der Waals surface area contributed by atoms with Crippen LogP contribution >= 0.6 is 0 Å². The zero-order valence-corrected chi connectivity index (χ0v) is 17.3. The zero-order chi connectivity index (χ0) is 20.6. The lowest BCUT2D eigenvalue weighted by molar-refractivity contribution is -0.143. The van der Waals surface area contributed by atoms with Gasteiger partial charge in [0.15, 0.2) is 0 Å². The lowest BCUT2D eigenvalue weighted by atomic mass is 10.1. The Balaban J connectivity index is 1.75. The second kappa shape index (κ2) is 10.1. The number of carbonyl (C=O) groups excluding carboxylic acids is 2. The van der Waals surface area contributed by atoms with Crippen LogP contribution in [0.2, 0.25) is 0 Å². The van der Waals surface area contributed by atoms with Crippen LogP contribution in [-0.4, -0.2) is 39.3 Å². The molecule has 0 saturated heterocycles. The van der Waals surface area contributed by atoms with E-state index in [0.717, 1.165) is 36.9 Å². The zero-order valence-electron chi connectivity index (χ0n) is 17.3. The number of hydrogen-bond donors (Lipinski definition) is 0. The third kappa shape index (κ3) is 5.59. The third-order valence-corrected chi connectivity index (χ3v) is 5.66. The van der Waals surface area contributed by atoms with Crippen molar-refractivity contribution in [2.75, 3.05) is 13.1 Å². The van der Waals surface area contributed by atoms with Crippen molar-refractivity contribution in [1.29, 1.82) is 0 Å². The normalized spacial score (nSPS) is 14.0. The first-order valence-electron chi connectivity index (χ1n) is 10.4. The minimum Gasteiger partial charge on any atom is -0.353 e. The van der Waals surface area contributed by atoms with Gasteiger partial charge >= 0.3 is 0 Å². The highest BCUT2D eigenvalue weighted by Gasteiger charge is 2.29. The number of carbonyl (C=O) groups is 2. The fourth-order valence-corrected chi connectivity index (χ4v) is 3.97. The number of hydrogen-bond acceptors (Lipinski definition) is 2. The van der Waals surface area contributed by atoms with Crippen molar-refractivity contribution in [2.45, 2.75) is 38.8 Å². The largest absolute Gasteiger partial charge is 0.353 e. The van der Waals surface area contributed by atoms with Crippen molar-refractivity contribution in [3.05, 3.63) is 72.6 Å². The van der Waals surface area contributed by atoms with Crippen LogP contribution in [0.4, 0.5) is 0 Å². The first kappa shape index (κ1) is 20.9. The molecule has 1 heterocycles. The highest BCUT2D eigenvalue weighted by atomic mass is 16.2. The van der Waals surface area contributed by atoms with Gasteiger partial charge in [-0.15, -0.1) is 6.58 Å². The molecule has 1 aliphatic carbocycles. The topological polar surface area (TPSA) is 45.6 Å². The summed E-state index contributed by atoms with van der Waals surface area (Å²) in [7, 11) is 1.98. The summed E-state index contributed by atoms with van der Waals surface area (Å²) in [4.78, 5) is 29.7. The van der Waals surface area contributed by atoms with Gasteiger partial charge in [0.2, 0.25) is 11.8 Å². The Labute approximate surface area is 173 Å². The van der Waals surface area contributed by atoms with Crippen LogP contribution in [0.5, 0.6) is 0 Å². The van der Waals surface area contributed by atoms with Gasteiger partial charge in [-0.05, 0) is 30.5 Å². The van der Waals surface area contributed by atoms with Crippen LogP contribution in [-0.2, 0) is 29.7 Å². The fourth-order valence-electron chi connectivity index (χ4n) is 3.97. The van der Waals surface area contributed by atoms with E-state index in [4.69, 9.17) is 0 Å². The van der Waals surface area contributed by atoms with Gasteiger partial charge in [-0.3, -0.25) is 9.59 Å². The first-order chi connectivity index (χ1) is 14.1. The average Bonchev–Trinajstić information content (AvgIpc) is 3.40. The number of rotatable bonds is 9. The maximum Gasteiger partial charge on any atom is 0.242 e. The summed E-state index contributed by atoms with van der Waals surface area (Å²) in [6.45, 7) is 5.31. The van der Waals surface area contributed by atoms with Crippen LogP contribution in [0.1, 0.15) is 36.9 Å². The maximum atomic E-state index is 13.3. The van der Waals surface area contributed by atoms with E-state index < -0.39 is 0 Å². The van der Waals surface area contributed by atoms with Crippen molar-refractivity contribution >= 4 is 11.8 Å². The van der Waals surface area contributed by atoms with Gasteiger partial charge in [0, 0.05) is 37.9 Å². The van der Waals surface area contributed by atoms with E-state index in [1.165, 1.54) is 0 Å². The molecule has 2 aromatic rings. The molecule has 0 radical (unpaired) electrons. The molecule has 0 aliphatic heterocycles. The lowest BCUT2D eigenvalue weighted by Gasteiger charge is -2.29. The minimum atomic E-state index is -0.0387. The molecule has 0 unspecified atom stereocenters. The molecule has 1 fully saturated rings. The Morgan fingerprint density at radius 3 is 2.41 bits per heavy atom. The van der Waals surface area contributed by atoms with E-state index in [-0.39, 0.29) is 24.3 Å². The Morgan fingerprint density at radius 2 is 1.79 bits per heavy atom. The molecule has 0 atom stereocenters. The monoisotopic (exact) mass is 393 g/mol. The second-order valence-electron chi connectivity index (χ2n) is 7.83. The molecular weight excluding hydrogens is 362 g/mol. The number of benzene rings is 1. The molecule has 3 rings (SSSR count). The van der Waals surface area contributed by atoms with Crippen molar-refractivity contribution in [3.63, 3.8) is 0 Å². The standard InChI is InChI=1S/C24H31N3O2/c1-3-15-26(24(29)21-12-7-8-13-21)19-23(28)27(17-20-10-5-4-6-11-20)18-22-14-9-16-25(22)2/h3-6,9-11,14,16,21H,1,7-8,12-13,15,17-19H2,2H3. The molecule has 1 aliphatic rings. The van der Waals surface area contributed by atoms with E-state index in [0.29, 0.717) is 19.6 Å². The van der Waals surface area contributed by atoms with Gasteiger partial charge in [-0.25, -0.2) is 0 Å². The Morgan fingerprint density at radius 1 is 1.07 bits per heavy atom. The molecule has 2 amide bonds. The van der Waals surface area contributed by atoms with Crippen LogP contribution in [0.25, 0.3) is 0 Å². The highest BCUT2D eigenvalue weighted by Crippen LogP contribution is 2.26. The van der Waals surface area contributed by atoms with Gasteiger partial charge in [0.25, 0.3) is 0 Å². The number of nitrogens with zero attached hydrogens (tertiary/aromatic N) is 3. The van der Waals surface area contributed by atoms with Gasteiger partial charge in [-0.1, -0.05) is 49.2 Å². The highest BCUT2D eigenvalue weighted by molar-refractivity contribution is 5.86. The Hall–Kier alpha value is -2.82. The van der Waals surface area contributed by atoms with Crippen molar-refractivity contribution in [3.8, 4) is 0 Å². The van der Waals surface area contributed by atoms with Crippen LogP contribution in [0, 0.1) is 5.92 Å². The van der Waals surface area contributed by atoms with E-state index >= 15 is 0 Å². The summed E-state index contributed by atoms with van der Waals surface area (Å²) in [6, 6.07) is 14.0. The average molecular weight is 394 g/mol. The summed E-state index contributed by atoms with van der Waals surface area (Å²) in [5.74, 6) is 0.107. The van der Waals surface area contributed by atoms with E-state index in [1.807, 2.05) is 65.2 Å². The summed E-state index contributed by atoms with van der Waals surface area (Å²) in [5.41, 5.74) is 2.14. The molecule has 1 aromatic carbocycles. The number of amides is 2. The molecule has 0 bridgehead atoms. The second-order valence-corrected chi connectivity index (χ2v) is 7.83. The van der Waals surface area contributed by atoms with Crippen molar-refractivity contribution in [2.24, 2.45) is 13.0 Å². The molecular formula is C24H31N3O2. The predicted molar refractivity (Wildman–Crippen MR) is 115 cm³/mol. The van der Waals surface area contributed by atoms with E-state index in [2.05, 4.69) is 6.58 Å². The summed E-state index contributed by atoms with van der Waals surface area (Å²) in [6.07, 6.45) is 7.74. The summed E-state index contributed by atoms with van der Waals surface area (Å²) in [5, 5.41) is 0. The number of aryl methyl sites for hydroxylation is 1. The lowest BCUT2D eigenvalue weighted by Crippen LogP contribution is -2.44. The van der Waals surface area contributed by atoms with Crippen LogP contribution < -0.4 is 0 Å². The SMILES string of the molecule is C=CCN(CC(=O)N(Cc1ccccc1)Cc1cccn1C)C(=O)C1CCCC1. The number of aromatic nitrogens is 1. The Kier molecular flexibility index (Phi) is 7.28. The first-order valence-corrected chi connectivity index (χ1v) is 10.4. The molecule has 1 saturated carbocycles. The van der Waals surface area contributed by atoms with E-state index in [1.54, 1.807) is 11.0 Å². The smallest absolute Gasteiger partial charge is 0.242 e. The van der Waals surface area contributed by atoms with E-state index in [9.17, 15) is 9.59 Å². The summed E-state index contributed by atoms with van der Waals surface area (Å²) >= 11 is 0.